The Labute approximate surface area is 180 Å². The smallest absolute Gasteiger partial charge is 0.317 e. The molecule has 0 aliphatic carbocycles. The van der Waals surface area contributed by atoms with Gasteiger partial charge in [0.15, 0.2) is 0 Å². The van der Waals surface area contributed by atoms with Crippen LogP contribution in [0.25, 0.3) is 0 Å². The lowest BCUT2D eigenvalue weighted by atomic mass is 10.2. The third-order valence-corrected chi connectivity index (χ3v) is 5.52. The Bertz CT molecular complexity index is 803. The highest BCUT2D eigenvalue weighted by molar-refractivity contribution is 5.73. The minimum Gasteiger partial charge on any atom is -0.493 e. The molecule has 0 spiro atoms. The molecule has 3 rings (SSSR count). The molecule has 1 N–H and O–H groups in total. The third kappa shape index (κ3) is 6.65. The molecule has 30 heavy (non-hydrogen) atoms. The highest BCUT2D eigenvalue weighted by Crippen LogP contribution is 2.18. The van der Waals surface area contributed by atoms with Crippen LogP contribution in [0, 0.1) is 6.92 Å². The summed E-state index contributed by atoms with van der Waals surface area (Å²) in [6, 6.07) is 12.0. The van der Waals surface area contributed by atoms with E-state index >= 15 is 0 Å². The van der Waals surface area contributed by atoms with Gasteiger partial charge in [-0.05, 0) is 55.5 Å². The van der Waals surface area contributed by atoms with Crippen molar-refractivity contribution in [3.63, 3.8) is 0 Å². The van der Waals surface area contributed by atoms with E-state index in [-0.39, 0.29) is 6.03 Å². The number of rotatable bonds is 8. The molecule has 0 atom stereocenters. The van der Waals surface area contributed by atoms with Crippen LogP contribution in [0.2, 0.25) is 0 Å². The van der Waals surface area contributed by atoms with Crippen LogP contribution in [0.5, 0.6) is 5.75 Å². The van der Waals surface area contributed by atoms with Gasteiger partial charge in [0.05, 0.1) is 6.61 Å². The summed E-state index contributed by atoms with van der Waals surface area (Å²) < 4.78 is 5.81. The molecular weight excluding hydrogens is 376 g/mol. The van der Waals surface area contributed by atoms with Crippen molar-refractivity contribution in [2.45, 2.75) is 45.6 Å². The number of carbonyl (C=O) groups excluding carboxylic acids is 1. The largest absolute Gasteiger partial charge is 0.493 e. The summed E-state index contributed by atoms with van der Waals surface area (Å²) in [6.07, 6.45) is 7.67. The Hall–Kier alpha value is -2.76. The fourth-order valence-corrected chi connectivity index (χ4v) is 3.66. The fraction of sp³-hybridized carbons (Fsp3) is 0.500. The second-order valence-corrected chi connectivity index (χ2v) is 7.97. The van der Waals surface area contributed by atoms with Crippen LogP contribution >= 0.6 is 0 Å². The van der Waals surface area contributed by atoms with E-state index in [9.17, 15) is 4.79 Å². The van der Waals surface area contributed by atoms with Gasteiger partial charge in [0, 0.05) is 39.4 Å². The van der Waals surface area contributed by atoms with Crippen molar-refractivity contribution in [2.24, 2.45) is 0 Å². The van der Waals surface area contributed by atoms with Crippen molar-refractivity contribution in [2.75, 3.05) is 38.2 Å². The SMILES string of the molecule is Cc1ccccc1OCCCN(C)C(=O)NCc1ccnc(N2CCCCCC2)c1. The number of aromatic nitrogens is 1. The van der Waals surface area contributed by atoms with Gasteiger partial charge in [-0.1, -0.05) is 31.0 Å². The van der Waals surface area contributed by atoms with Gasteiger partial charge in [0.25, 0.3) is 0 Å². The number of hydrogen-bond donors (Lipinski definition) is 1. The van der Waals surface area contributed by atoms with Crippen molar-refractivity contribution in [3.8, 4) is 5.75 Å². The van der Waals surface area contributed by atoms with Gasteiger partial charge < -0.3 is 19.9 Å². The number of ether oxygens (including phenoxy) is 1. The van der Waals surface area contributed by atoms with Crippen LogP contribution in [0.4, 0.5) is 10.6 Å². The van der Waals surface area contributed by atoms with Crippen molar-refractivity contribution < 1.29 is 9.53 Å². The number of nitrogens with zero attached hydrogens (tertiary/aromatic N) is 3. The van der Waals surface area contributed by atoms with E-state index in [0.717, 1.165) is 42.2 Å². The monoisotopic (exact) mass is 410 g/mol. The van der Waals surface area contributed by atoms with Gasteiger partial charge in [0.2, 0.25) is 0 Å². The van der Waals surface area contributed by atoms with Crippen molar-refractivity contribution in [1.29, 1.82) is 0 Å². The topological polar surface area (TPSA) is 57.7 Å². The molecule has 2 amide bonds. The van der Waals surface area contributed by atoms with E-state index in [0.29, 0.717) is 19.7 Å². The highest BCUT2D eigenvalue weighted by Gasteiger charge is 2.12. The zero-order valence-corrected chi connectivity index (χ0v) is 18.3. The minimum absolute atomic E-state index is 0.0703. The second-order valence-electron chi connectivity index (χ2n) is 7.97. The van der Waals surface area contributed by atoms with Crippen LogP contribution in [0.15, 0.2) is 42.6 Å². The van der Waals surface area contributed by atoms with Crippen LogP contribution in [-0.4, -0.2) is 49.2 Å². The number of amides is 2. The number of benzene rings is 1. The maximum Gasteiger partial charge on any atom is 0.317 e. The molecule has 6 nitrogen and oxygen atoms in total. The van der Waals surface area contributed by atoms with E-state index in [4.69, 9.17) is 4.74 Å². The average Bonchev–Trinajstić information content (AvgIpc) is 3.06. The van der Waals surface area contributed by atoms with Crippen molar-refractivity contribution >= 4 is 11.8 Å². The maximum atomic E-state index is 12.4. The second kappa shape index (κ2) is 11.4. The Morgan fingerprint density at radius 3 is 2.70 bits per heavy atom. The quantitative estimate of drug-likeness (QED) is 0.656. The molecule has 0 bridgehead atoms. The van der Waals surface area contributed by atoms with Crippen molar-refractivity contribution in [1.82, 2.24) is 15.2 Å². The summed E-state index contributed by atoms with van der Waals surface area (Å²) in [5.74, 6) is 1.92. The molecule has 1 saturated heterocycles. The number of para-hydroxylation sites is 1. The Morgan fingerprint density at radius 1 is 1.17 bits per heavy atom. The molecule has 0 radical (unpaired) electrons. The standard InChI is InChI=1S/C24H34N4O2/c1-20-10-5-6-11-22(20)30-17-9-14-27(2)24(29)26-19-21-12-13-25-23(18-21)28-15-7-3-4-8-16-28/h5-6,10-13,18H,3-4,7-9,14-17,19H2,1-2H3,(H,26,29). The third-order valence-electron chi connectivity index (χ3n) is 5.52. The number of hydrogen-bond acceptors (Lipinski definition) is 4. The number of nitrogens with one attached hydrogen (secondary N) is 1. The summed E-state index contributed by atoms with van der Waals surface area (Å²) in [7, 11) is 1.82. The lowest BCUT2D eigenvalue weighted by molar-refractivity contribution is 0.203. The molecule has 0 saturated carbocycles. The first-order valence-electron chi connectivity index (χ1n) is 11.0. The molecule has 1 aromatic carbocycles. The van der Waals surface area contributed by atoms with E-state index < -0.39 is 0 Å². The summed E-state index contributed by atoms with van der Waals surface area (Å²) in [5.41, 5.74) is 2.20. The summed E-state index contributed by atoms with van der Waals surface area (Å²) in [5, 5.41) is 3.01. The minimum atomic E-state index is -0.0703. The Balaban J connectivity index is 1.40. The first-order chi connectivity index (χ1) is 14.6. The van der Waals surface area contributed by atoms with Crippen LogP contribution < -0.4 is 15.0 Å². The first kappa shape index (κ1) is 21.9. The Morgan fingerprint density at radius 2 is 1.93 bits per heavy atom. The normalized spacial score (nSPS) is 14.1. The summed E-state index contributed by atoms with van der Waals surface area (Å²) in [6.45, 7) is 5.91. The number of urea groups is 1. The molecule has 1 aromatic heterocycles. The fourth-order valence-electron chi connectivity index (χ4n) is 3.66. The molecule has 1 fully saturated rings. The molecule has 6 heteroatoms. The van der Waals surface area contributed by atoms with E-state index in [2.05, 4.69) is 21.3 Å². The summed E-state index contributed by atoms with van der Waals surface area (Å²) in [4.78, 5) is 21.0. The van der Waals surface area contributed by atoms with E-state index in [1.807, 2.05) is 50.5 Å². The Kier molecular flexibility index (Phi) is 8.36. The zero-order chi connectivity index (χ0) is 21.2. The van der Waals surface area contributed by atoms with Gasteiger partial charge in [-0.15, -0.1) is 0 Å². The number of aryl methyl sites for hydroxylation is 1. The van der Waals surface area contributed by atoms with Gasteiger partial charge in [-0.25, -0.2) is 9.78 Å². The molecule has 2 heterocycles. The van der Waals surface area contributed by atoms with E-state index in [1.165, 1.54) is 25.7 Å². The molecule has 162 valence electrons. The van der Waals surface area contributed by atoms with Crippen LogP contribution in [0.3, 0.4) is 0 Å². The molecule has 0 unspecified atom stereocenters. The highest BCUT2D eigenvalue weighted by atomic mass is 16.5. The maximum absolute atomic E-state index is 12.4. The molecule has 1 aliphatic heterocycles. The first-order valence-corrected chi connectivity index (χ1v) is 11.0. The van der Waals surface area contributed by atoms with Crippen LogP contribution in [0.1, 0.15) is 43.2 Å². The van der Waals surface area contributed by atoms with Crippen LogP contribution in [-0.2, 0) is 6.54 Å². The number of carbonyl (C=O) groups is 1. The lowest BCUT2D eigenvalue weighted by Gasteiger charge is -2.22. The number of anilines is 1. The molecule has 2 aromatic rings. The van der Waals surface area contributed by atoms with Gasteiger partial charge >= 0.3 is 6.03 Å². The van der Waals surface area contributed by atoms with Gasteiger partial charge in [-0.3, -0.25) is 0 Å². The van der Waals surface area contributed by atoms with Gasteiger partial charge in [-0.2, -0.15) is 0 Å². The summed E-state index contributed by atoms with van der Waals surface area (Å²) >= 11 is 0. The average molecular weight is 411 g/mol. The predicted octanol–water partition coefficient (Wildman–Crippen LogP) is 4.38. The van der Waals surface area contributed by atoms with Crippen molar-refractivity contribution in [3.05, 3.63) is 53.7 Å². The van der Waals surface area contributed by atoms with Gasteiger partial charge in [0.1, 0.15) is 11.6 Å². The number of pyridine rings is 1. The molecule has 1 aliphatic rings. The predicted molar refractivity (Wildman–Crippen MR) is 121 cm³/mol. The van der Waals surface area contributed by atoms with E-state index in [1.54, 1.807) is 4.90 Å². The zero-order valence-electron chi connectivity index (χ0n) is 18.3. The molecular formula is C24H34N4O2. The lowest BCUT2D eigenvalue weighted by Crippen LogP contribution is -2.37.